The van der Waals surface area contributed by atoms with E-state index in [1.807, 2.05) is 18.2 Å². The van der Waals surface area contributed by atoms with Crippen molar-refractivity contribution in [1.82, 2.24) is 59.1 Å². The van der Waals surface area contributed by atoms with E-state index in [0.717, 1.165) is 155 Å². The Kier molecular flexibility index (Phi) is 29.0. The number of amides is 8. The largest absolute Gasteiger partial charge is 0.419 e. The van der Waals surface area contributed by atoms with Gasteiger partial charge in [-0.15, -0.1) is 0 Å². The van der Waals surface area contributed by atoms with Crippen molar-refractivity contribution in [2.45, 2.75) is 239 Å². The zero-order valence-corrected chi connectivity index (χ0v) is 71.3. The number of likely N-dealkylation sites (tertiary alicyclic amines) is 1. The molecule has 8 saturated carbocycles. The lowest BCUT2D eigenvalue weighted by atomic mass is 9.75. The number of nitrogens with one attached hydrogen (secondary N) is 5. The number of rotatable bonds is 30. The normalized spacial score (nSPS) is 24.6. The van der Waals surface area contributed by atoms with Gasteiger partial charge in [-0.3, -0.25) is 62.0 Å². The highest BCUT2D eigenvalue weighted by molar-refractivity contribution is 6.05. The molecule has 8 aliphatic carbocycles. The fourth-order valence-corrected chi connectivity index (χ4v) is 17.8. The number of benzene rings is 2. The third-order valence-corrected chi connectivity index (χ3v) is 27.0. The van der Waals surface area contributed by atoms with Crippen LogP contribution >= 0.6 is 0 Å². The predicted molar refractivity (Wildman–Crippen MR) is 457 cm³/mol. The molecule has 8 amide bonds. The van der Waals surface area contributed by atoms with E-state index in [1.54, 1.807) is 42.2 Å². The average Bonchev–Trinajstić information content (AvgIpc) is 1.42. The van der Waals surface area contributed by atoms with Gasteiger partial charge in [0.1, 0.15) is 38.9 Å². The number of primary amides is 4. The molecule has 15 rings (SSSR count). The molecule has 0 unspecified atom stereocenters. The molecule has 4 aromatic heterocycles. The summed E-state index contributed by atoms with van der Waals surface area (Å²) in [6.45, 7) is 29.9. The van der Waals surface area contributed by atoms with Crippen molar-refractivity contribution >= 4 is 70.5 Å². The number of methoxy groups -OCH3 is 1. The first-order valence-electron chi connectivity index (χ1n) is 43.2. The summed E-state index contributed by atoms with van der Waals surface area (Å²) in [5, 5.41) is 42.1. The van der Waals surface area contributed by atoms with Crippen LogP contribution in [0.2, 0.25) is 0 Å². The van der Waals surface area contributed by atoms with E-state index in [2.05, 4.69) is 142 Å². The van der Waals surface area contributed by atoms with Crippen molar-refractivity contribution < 1.29 is 56.3 Å². The number of carbonyl (C=O) groups is 8. The van der Waals surface area contributed by atoms with Crippen LogP contribution in [0.15, 0.2) is 79.4 Å². The number of aromatic nitrogens is 8. The van der Waals surface area contributed by atoms with Crippen molar-refractivity contribution in [3.63, 3.8) is 0 Å². The second kappa shape index (κ2) is 39.2. The number of nitrogens with two attached hydrogens (primary N) is 4. The zero-order valence-electron chi connectivity index (χ0n) is 71.3. The standard InChI is InChI=1S/C29H32N6O2.C21H27F3N6O3.2C19H28N6O2/c1-31-19-29(35-18-25(26(30)36)27(34-35)33-28(37)23-11-12-23)15-13-24(14-16-29)32-17-20-7-9-22(10-8-20)21-5-3-2-4-6-21;1-33-20(21(22,23)24)11-29(12-20)14-4-6-19(7-5-14,8-9-25)30-10-15(16(26)31)17(28-30)27-18(32)13-2-3-13;2*1-4-24(3)14-7-9-19(10-8-14,12-21-2)25-11-15(16(20)26)17(23-25)22-18(27)13-5-6-13/h2-10,18,23-24,32H,11-17,19H2,(H2,30,36)(H,33,34,37);10,13-14H,2-8,11-12H2,1H3,(H2,26,31)(H,27,28,32);2*11,13-14H,4-10,12H2,1,3H3,(H2,20,26)(H,22,23,27). The van der Waals surface area contributed by atoms with Crippen LogP contribution in [-0.4, -0.2) is 204 Å². The van der Waals surface area contributed by atoms with Crippen LogP contribution < -0.4 is 49.5 Å². The molecule has 2 aromatic carbocycles. The molecule has 9 aliphatic rings. The van der Waals surface area contributed by atoms with Crippen LogP contribution in [0.5, 0.6) is 0 Å². The van der Waals surface area contributed by atoms with E-state index < -0.39 is 57.6 Å². The number of halogens is 3. The summed E-state index contributed by atoms with van der Waals surface area (Å²) in [6.07, 6.45) is 21.2. The van der Waals surface area contributed by atoms with Gasteiger partial charge in [-0.25, -0.2) is 19.7 Å². The number of carbonyl (C=O) groups excluding carboxylic acids is 8. The highest BCUT2D eigenvalue weighted by Crippen LogP contribution is 2.48. The van der Waals surface area contributed by atoms with Gasteiger partial charge >= 0.3 is 6.18 Å². The summed E-state index contributed by atoms with van der Waals surface area (Å²) in [7, 11) is 5.32. The first kappa shape index (κ1) is 91.8. The van der Waals surface area contributed by atoms with E-state index in [4.69, 9.17) is 47.4 Å². The van der Waals surface area contributed by atoms with Crippen molar-refractivity contribution in [1.29, 1.82) is 5.26 Å². The number of anilines is 4. The second-order valence-corrected chi connectivity index (χ2v) is 35.2. The number of ether oxygens (including phenoxy) is 1. The molecule has 36 heteroatoms. The second-order valence-electron chi connectivity index (χ2n) is 35.2. The Balaban J connectivity index is 0.000000152. The van der Waals surface area contributed by atoms with E-state index >= 15 is 0 Å². The smallest absolute Gasteiger partial charge is 0.366 e. The summed E-state index contributed by atoms with van der Waals surface area (Å²) in [5.74, 6) is -2.56. The summed E-state index contributed by atoms with van der Waals surface area (Å²) < 4.78 is 51.5. The monoisotopic (exact) mass is 1710 g/mol. The van der Waals surface area contributed by atoms with E-state index in [1.165, 1.54) is 22.9 Å². The van der Waals surface area contributed by atoms with Crippen LogP contribution in [0, 0.1) is 54.7 Å². The van der Waals surface area contributed by atoms with Crippen molar-refractivity contribution in [2.24, 2.45) is 46.6 Å². The van der Waals surface area contributed by atoms with E-state index in [-0.39, 0.29) is 125 Å². The van der Waals surface area contributed by atoms with Gasteiger partial charge in [-0.2, -0.15) is 38.8 Å². The maximum absolute atomic E-state index is 13.3. The molecule has 124 heavy (non-hydrogen) atoms. The number of hydrogen-bond donors (Lipinski definition) is 9. The maximum Gasteiger partial charge on any atom is 0.419 e. The molecular formula is C88H115F3N24O9. The molecule has 0 spiro atoms. The maximum atomic E-state index is 13.3. The first-order valence-corrected chi connectivity index (χ1v) is 43.2. The highest BCUT2D eigenvalue weighted by Gasteiger charge is 2.64. The number of nitrogens with zero attached hydrogens (tertiary/aromatic N) is 15. The van der Waals surface area contributed by atoms with Gasteiger partial charge in [0.15, 0.2) is 28.9 Å². The fourth-order valence-electron chi connectivity index (χ4n) is 17.8. The summed E-state index contributed by atoms with van der Waals surface area (Å²) in [5.41, 5.74) is 22.1. The van der Waals surface area contributed by atoms with Gasteiger partial charge in [0, 0.05) is 99.4 Å². The Labute approximate surface area is 720 Å². The van der Waals surface area contributed by atoms with Gasteiger partial charge in [-0.05, 0) is 198 Å². The summed E-state index contributed by atoms with van der Waals surface area (Å²) in [4.78, 5) is 114. The molecule has 0 radical (unpaired) electrons. The van der Waals surface area contributed by atoms with Crippen LogP contribution in [0.1, 0.15) is 221 Å². The molecule has 1 aliphatic heterocycles. The van der Waals surface area contributed by atoms with Crippen LogP contribution in [0.25, 0.3) is 25.7 Å². The van der Waals surface area contributed by atoms with Crippen molar-refractivity contribution in [3.05, 3.63) is 141 Å². The Hall–Kier alpha value is -11.4. The quantitative estimate of drug-likeness (QED) is 0.0189. The minimum Gasteiger partial charge on any atom is -0.366 e. The number of hydrogen-bond acceptors (Lipinski definition) is 18. The SMILES string of the molecule is COC1(C(F)(F)F)CN(C2CCC(CC#N)(n3cc(C(N)=O)c(NC(=O)C4CC4)n3)CC2)C1.[C-]#[N+]CC1(n2cc(C(N)=O)c(NC(=O)C3CC3)n2)CCC(N(C)CC)CC1.[C-]#[N+]CC1(n2cc(C(N)=O)c(NC(=O)C3CC3)n2)CCC(N(C)CC)CC1.[C-]#[N+]CC1(n2cc(C(N)=O)c(NC(=O)C3CC3)n2)CCC(NCc2ccc(-c3ccccc3)cc2)CC1. The lowest BCUT2D eigenvalue weighted by molar-refractivity contribution is -0.316. The van der Waals surface area contributed by atoms with Crippen LogP contribution in [-0.2, 0) is 52.6 Å². The van der Waals surface area contributed by atoms with E-state index in [9.17, 15) is 56.8 Å². The molecule has 0 bridgehead atoms. The van der Waals surface area contributed by atoms with E-state index in [0.29, 0.717) is 56.9 Å². The molecule has 9 fully saturated rings. The molecule has 662 valence electrons. The Morgan fingerprint density at radius 3 is 1.10 bits per heavy atom. The predicted octanol–water partition coefficient (Wildman–Crippen LogP) is 10.2. The number of nitriles is 1. The molecule has 5 heterocycles. The van der Waals surface area contributed by atoms with Gasteiger partial charge in [0.25, 0.3) is 23.6 Å². The molecule has 13 N–H and O–H groups in total. The van der Waals surface area contributed by atoms with Gasteiger partial charge < -0.3 is 78.6 Å². The third kappa shape index (κ3) is 21.3. The fraction of sp³-hybridized carbons (Fsp3) is 0.591. The summed E-state index contributed by atoms with van der Waals surface area (Å²) in [6, 6.07) is 22.4. The van der Waals surface area contributed by atoms with Crippen LogP contribution in [0.3, 0.4) is 0 Å². The minimum atomic E-state index is -4.43. The molecule has 1 saturated heterocycles. The van der Waals surface area contributed by atoms with Gasteiger partial charge in [0.2, 0.25) is 43.3 Å². The van der Waals surface area contributed by atoms with Gasteiger partial charge in [-0.1, -0.05) is 68.4 Å². The molecule has 6 aromatic rings. The Bertz CT molecular complexity index is 4870. The van der Waals surface area contributed by atoms with Crippen LogP contribution in [0.4, 0.5) is 36.4 Å². The lowest BCUT2D eigenvalue weighted by Gasteiger charge is -2.54. The Morgan fingerprint density at radius 2 is 0.806 bits per heavy atom. The minimum absolute atomic E-state index is 0.00750. The first-order chi connectivity index (χ1) is 59.3. The lowest BCUT2D eigenvalue weighted by Crippen LogP contribution is -2.72. The molecular weight excluding hydrogens is 1590 g/mol. The van der Waals surface area contributed by atoms with Crippen molar-refractivity contribution in [2.75, 3.05) is 88.3 Å². The molecule has 0 atom stereocenters. The summed E-state index contributed by atoms with van der Waals surface area (Å²) >= 11 is 0. The van der Waals surface area contributed by atoms with Gasteiger partial charge in [0.05, 0.1) is 18.0 Å². The number of alkyl halides is 3. The highest BCUT2D eigenvalue weighted by atomic mass is 19.4. The third-order valence-electron chi connectivity index (χ3n) is 27.0. The topological polar surface area (TPSA) is 428 Å². The average molecular weight is 1710 g/mol. The Morgan fingerprint density at radius 1 is 0.492 bits per heavy atom. The molecule has 33 nitrogen and oxygen atoms in total. The zero-order chi connectivity index (χ0) is 89.1. The van der Waals surface area contributed by atoms with Crippen molar-refractivity contribution in [3.8, 4) is 17.2 Å².